The quantitative estimate of drug-likeness (QED) is 0.885. The summed E-state index contributed by atoms with van der Waals surface area (Å²) in [7, 11) is 0. The molecule has 0 radical (unpaired) electrons. The lowest BCUT2D eigenvalue weighted by Crippen LogP contribution is -2.29. The molecule has 0 atom stereocenters. The van der Waals surface area contributed by atoms with Crippen LogP contribution < -0.4 is 10.9 Å². The maximum atomic E-state index is 12.1. The van der Waals surface area contributed by atoms with Crippen molar-refractivity contribution in [2.24, 2.45) is 5.92 Å². The molecule has 4 nitrogen and oxygen atoms in total. The maximum absolute atomic E-state index is 12.1. The fourth-order valence-electron chi connectivity index (χ4n) is 2.87. The third-order valence-electron chi connectivity index (χ3n) is 4.20. The van der Waals surface area contributed by atoms with Crippen molar-refractivity contribution in [3.63, 3.8) is 0 Å². The lowest BCUT2D eigenvalue weighted by molar-refractivity contribution is 0.330. The van der Waals surface area contributed by atoms with Crippen LogP contribution in [0, 0.1) is 5.92 Å². The molecule has 1 aromatic rings. The van der Waals surface area contributed by atoms with Crippen LogP contribution in [0.5, 0.6) is 0 Å². The molecule has 1 aliphatic carbocycles. The van der Waals surface area contributed by atoms with Gasteiger partial charge in [-0.3, -0.25) is 4.79 Å². The predicted octanol–water partition coefficient (Wildman–Crippen LogP) is 3.80. The van der Waals surface area contributed by atoms with E-state index in [0.29, 0.717) is 17.1 Å². The van der Waals surface area contributed by atoms with Gasteiger partial charge < -0.3 is 5.32 Å². The van der Waals surface area contributed by atoms with E-state index in [1.54, 1.807) is 6.20 Å². The molecule has 0 bridgehead atoms. The molecule has 1 fully saturated rings. The molecular weight excluding hydrogens is 318 g/mol. The molecule has 0 aliphatic heterocycles. The zero-order valence-electron chi connectivity index (χ0n) is 12.4. The van der Waals surface area contributed by atoms with Crippen molar-refractivity contribution < 1.29 is 0 Å². The van der Waals surface area contributed by atoms with Crippen molar-refractivity contribution in [2.75, 3.05) is 5.32 Å². The molecule has 112 valence electrons. The zero-order valence-corrected chi connectivity index (χ0v) is 13.9. The molecule has 1 heterocycles. The number of nitrogens with one attached hydrogen (secondary N) is 1. The highest BCUT2D eigenvalue weighted by atomic mass is 79.9. The van der Waals surface area contributed by atoms with Gasteiger partial charge in [0.25, 0.3) is 5.56 Å². The van der Waals surface area contributed by atoms with E-state index in [2.05, 4.69) is 33.3 Å². The van der Waals surface area contributed by atoms with Gasteiger partial charge in [0.2, 0.25) is 0 Å². The summed E-state index contributed by atoms with van der Waals surface area (Å²) in [6, 6.07) is 0.470. The average molecular weight is 342 g/mol. The summed E-state index contributed by atoms with van der Waals surface area (Å²) in [4.78, 5) is 12.1. The normalized spacial score (nSPS) is 22.8. The van der Waals surface area contributed by atoms with Crippen LogP contribution in [-0.2, 0) is 6.54 Å². The molecule has 0 aromatic carbocycles. The number of nitrogens with zero attached hydrogens (tertiary/aromatic N) is 2. The Hall–Kier alpha value is -0.840. The van der Waals surface area contributed by atoms with Crippen LogP contribution in [0.15, 0.2) is 15.5 Å². The highest BCUT2D eigenvalue weighted by Crippen LogP contribution is 2.29. The Bertz CT molecular complexity index is 492. The smallest absolute Gasteiger partial charge is 0.283 e. The van der Waals surface area contributed by atoms with Gasteiger partial charge in [-0.15, -0.1) is 0 Å². The van der Waals surface area contributed by atoms with Crippen molar-refractivity contribution in [1.29, 1.82) is 0 Å². The second-order valence-corrected chi connectivity index (χ2v) is 6.46. The lowest BCUT2D eigenvalue weighted by atomic mass is 9.84. The number of anilines is 1. The number of aryl methyl sites for hydroxylation is 1. The molecule has 1 aliphatic rings. The topological polar surface area (TPSA) is 46.9 Å². The van der Waals surface area contributed by atoms with Crippen LogP contribution in [0.2, 0.25) is 0 Å². The summed E-state index contributed by atoms with van der Waals surface area (Å²) >= 11 is 3.42. The van der Waals surface area contributed by atoms with Crippen LogP contribution in [0.4, 0.5) is 5.69 Å². The van der Waals surface area contributed by atoms with E-state index in [4.69, 9.17) is 0 Å². The molecule has 1 aromatic heterocycles. The third kappa shape index (κ3) is 3.62. The van der Waals surface area contributed by atoms with Crippen LogP contribution in [0.25, 0.3) is 0 Å². The van der Waals surface area contributed by atoms with E-state index in [-0.39, 0.29) is 5.56 Å². The first-order chi connectivity index (χ1) is 9.65. The molecule has 0 spiro atoms. The van der Waals surface area contributed by atoms with Gasteiger partial charge in [0.15, 0.2) is 0 Å². The highest BCUT2D eigenvalue weighted by molar-refractivity contribution is 9.10. The number of halogens is 1. The second kappa shape index (κ2) is 7.25. The molecule has 2 rings (SSSR count). The summed E-state index contributed by atoms with van der Waals surface area (Å²) in [5.41, 5.74) is 0.793. The van der Waals surface area contributed by atoms with Crippen LogP contribution in [-0.4, -0.2) is 15.8 Å². The Morgan fingerprint density at radius 1 is 1.35 bits per heavy atom. The fourth-order valence-corrected chi connectivity index (χ4v) is 3.29. The Kier molecular flexibility index (Phi) is 5.64. The van der Waals surface area contributed by atoms with Crippen molar-refractivity contribution in [3.8, 4) is 0 Å². The Morgan fingerprint density at radius 2 is 2.05 bits per heavy atom. The highest BCUT2D eigenvalue weighted by Gasteiger charge is 2.21. The zero-order chi connectivity index (χ0) is 14.5. The first-order valence-electron chi connectivity index (χ1n) is 7.67. The fraction of sp³-hybridized carbons (Fsp3) is 0.733. The molecule has 5 heteroatoms. The van der Waals surface area contributed by atoms with Gasteiger partial charge in [-0.1, -0.05) is 20.3 Å². The van der Waals surface area contributed by atoms with E-state index in [1.807, 2.05) is 6.92 Å². The minimum Gasteiger partial charge on any atom is -0.380 e. The number of hydrogen-bond acceptors (Lipinski definition) is 3. The van der Waals surface area contributed by atoms with Crippen molar-refractivity contribution in [2.45, 2.75) is 65.0 Å². The predicted molar refractivity (Wildman–Crippen MR) is 86.1 cm³/mol. The van der Waals surface area contributed by atoms with E-state index >= 15 is 0 Å². The van der Waals surface area contributed by atoms with Gasteiger partial charge >= 0.3 is 0 Å². The summed E-state index contributed by atoms with van der Waals surface area (Å²) in [5.74, 6) is 0.882. The minimum atomic E-state index is -0.0425. The number of rotatable bonds is 5. The van der Waals surface area contributed by atoms with E-state index in [1.165, 1.54) is 36.8 Å². The summed E-state index contributed by atoms with van der Waals surface area (Å²) in [5, 5.41) is 7.72. The average Bonchev–Trinajstić information content (AvgIpc) is 2.48. The number of aromatic nitrogens is 2. The summed E-state index contributed by atoms with van der Waals surface area (Å²) in [6.45, 7) is 4.98. The first kappa shape index (κ1) is 15.5. The molecule has 0 saturated heterocycles. The Morgan fingerprint density at radius 3 is 2.65 bits per heavy atom. The monoisotopic (exact) mass is 341 g/mol. The van der Waals surface area contributed by atoms with Gasteiger partial charge in [-0.05, 0) is 54.0 Å². The Labute approximate surface area is 129 Å². The standard InChI is InChI=1S/C15H24BrN3O/c1-3-9-19-15(20)14(16)13(10-17-19)18-12-7-5-11(4-2)6-8-12/h10-12,18H,3-9H2,1-2H3. The molecular formula is C15H24BrN3O. The first-order valence-corrected chi connectivity index (χ1v) is 8.47. The minimum absolute atomic E-state index is 0.0425. The molecule has 1 N–H and O–H groups in total. The third-order valence-corrected chi connectivity index (χ3v) is 4.97. The Balaban J connectivity index is 2.03. The van der Waals surface area contributed by atoms with Gasteiger partial charge in [-0.25, -0.2) is 4.68 Å². The van der Waals surface area contributed by atoms with E-state index < -0.39 is 0 Å². The second-order valence-electron chi connectivity index (χ2n) is 5.67. The van der Waals surface area contributed by atoms with Crippen LogP contribution in [0.3, 0.4) is 0 Å². The van der Waals surface area contributed by atoms with Crippen molar-refractivity contribution >= 4 is 21.6 Å². The molecule has 1 saturated carbocycles. The molecule has 0 amide bonds. The maximum Gasteiger partial charge on any atom is 0.283 e. The summed E-state index contributed by atoms with van der Waals surface area (Å²) in [6.07, 6.45) is 8.90. The molecule has 20 heavy (non-hydrogen) atoms. The van der Waals surface area contributed by atoms with Crippen molar-refractivity contribution in [1.82, 2.24) is 9.78 Å². The van der Waals surface area contributed by atoms with Crippen LogP contribution in [0.1, 0.15) is 52.4 Å². The van der Waals surface area contributed by atoms with Crippen molar-refractivity contribution in [3.05, 3.63) is 21.0 Å². The van der Waals surface area contributed by atoms with Gasteiger partial charge in [0.1, 0.15) is 4.47 Å². The SMILES string of the molecule is CCCn1ncc(NC2CCC(CC)CC2)c(Br)c1=O. The van der Waals surface area contributed by atoms with E-state index in [9.17, 15) is 4.79 Å². The largest absolute Gasteiger partial charge is 0.380 e. The van der Waals surface area contributed by atoms with Gasteiger partial charge in [-0.2, -0.15) is 5.10 Å². The molecule has 0 unspecified atom stereocenters. The van der Waals surface area contributed by atoms with Crippen LogP contribution >= 0.6 is 15.9 Å². The van der Waals surface area contributed by atoms with Gasteiger partial charge in [0, 0.05) is 12.6 Å². The number of hydrogen-bond donors (Lipinski definition) is 1. The summed E-state index contributed by atoms with van der Waals surface area (Å²) < 4.78 is 2.13. The van der Waals surface area contributed by atoms with E-state index in [0.717, 1.165) is 18.0 Å². The van der Waals surface area contributed by atoms with Gasteiger partial charge in [0.05, 0.1) is 11.9 Å². The lowest BCUT2D eigenvalue weighted by Gasteiger charge is -2.29.